The number of halogens is 2. The van der Waals surface area contributed by atoms with Gasteiger partial charge in [-0.25, -0.2) is 4.39 Å². The molecular formula is C15H21ClFN3. The summed E-state index contributed by atoms with van der Waals surface area (Å²) in [5.74, 6) is -0.252. The van der Waals surface area contributed by atoms with E-state index in [1.54, 1.807) is 12.1 Å². The van der Waals surface area contributed by atoms with E-state index in [0.717, 1.165) is 32.2 Å². The van der Waals surface area contributed by atoms with E-state index in [1.807, 2.05) is 0 Å². The first-order chi connectivity index (χ1) is 9.69. The molecule has 1 heterocycles. The summed E-state index contributed by atoms with van der Waals surface area (Å²) in [7, 11) is 0. The number of nitrogens with two attached hydrogens (primary N) is 1. The number of hydrogen-bond acceptors (Lipinski definition) is 3. The Labute approximate surface area is 124 Å². The minimum Gasteiger partial charge on any atom is -0.329 e. The topological polar surface area (TPSA) is 32.5 Å². The number of nitrogens with zero attached hydrogens (tertiary/aromatic N) is 2. The highest BCUT2D eigenvalue weighted by Gasteiger charge is 2.33. The molecule has 2 fully saturated rings. The van der Waals surface area contributed by atoms with Crippen LogP contribution in [-0.2, 0) is 0 Å². The normalized spacial score (nSPS) is 22.9. The summed E-state index contributed by atoms with van der Waals surface area (Å²) in [4.78, 5) is 4.84. The second-order valence-corrected chi connectivity index (χ2v) is 6.16. The van der Waals surface area contributed by atoms with E-state index in [1.165, 1.54) is 18.9 Å². The second-order valence-electron chi connectivity index (χ2n) is 5.72. The van der Waals surface area contributed by atoms with Gasteiger partial charge in [0.2, 0.25) is 0 Å². The van der Waals surface area contributed by atoms with Gasteiger partial charge in [0, 0.05) is 49.4 Å². The van der Waals surface area contributed by atoms with Crippen molar-refractivity contribution in [1.29, 1.82) is 0 Å². The Bertz CT molecular complexity index is 470. The van der Waals surface area contributed by atoms with Crippen LogP contribution in [0.15, 0.2) is 18.2 Å². The zero-order valence-corrected chi connectivity index (χ0v) is 12.3. The van der Waals surface area contributed by atoms with E-state index >= 15 is 0 Å². The molecule has 3 nitrogen and oxygen atoms in total. The molecule has 5 heteroatoms. The zero-order chi connectivity index (χ0) is 14.1. The van der Waals surface area contributed by atoms with Gasteiger partial charge < -0.3 is 5.73 Å². The van der Waals surface area contributed by atoms with Crippen molar-refractivity contribution >= 4 is 11.6 Å². The number of rotatable bonds is 4. The lowest BCUT2D eigenvalue weighted by molar-refractivity contribution is 0.0924. The molecule has 0 aromatic heterocycles. The molecule has 2 aliphatic rings. The highest BCUT2D eigenvalue weighted by atomic mass is 35.5. The summed E-state index contributed by atoms with van der Waals surface area (Å²) in [6.07, 6.45) is 2.68. The van der Waals surface area contributed by atoms with Crippen LogP contribution in [-0.4, -0.2) is 48.6 Å². The number of hydrogen-bond donors (Lipinski definition) is 1. The third-order valence-electron chi connectivity index (χ3n) is 4.40. The van der Waals surface area contributed by atoms with Crippen LogP contribution in [0.25, 0.3) is 0 Å². The van der Waals surface area contributed by atoms with Crippen molar-refractivity contribution in [3.8, 4) is 0 Å². The molecule has 1 aromatic carbocycles. The van der Waals surface area contributed by atoms with Crippen LogP contribution in [0.3, 0.4) is 0 Å². The van der Waals surface area contributed by atoms with Crippen LogP contribution in [0.5, 0.6) is 0 Å². The van der Waals surface area contributed by atoms with Gasteiger partial charge >= 0.3 is 0 Å². The molecule has 1 aliphatic carbocycles. The van der Waals surface area contributed by atoms with E-state index in [-0.39, 0.29) is 11.9 Å². The average Bonchev–Trinajstić information content (AvgIpc) is 3.27. The quantitative estimate of drug-likeness (QED) is 0.925. The zero-order valence-electron chi connectivity index (χ0n) is 11.6. The number of piperazine rings is 1. The van der Waals surface area contributed by atoms with Gasteiger partial charge in [-0.15, -0.1) is 0 Å². The first-order valence-corrected chi connectivity index (χ1v) is 7.70. The van der Waals surface area contributed by atoms with E-state index < -0.39 is 0 Å². The van der Waals surface area contributed by atoms with E-state index in [2.05, 4.69) is 9.80 Å². The summed E-state index contributed by atoms with van der Waals surface area (Å²) in [5, 5.41) is 0.431. The Morgan fingerprint density at radius 1 is 1.25 bits per heavy atom. The summed E-state index contributed by atoms with van der Waals surface area (Å²) < 4.78 is 14.1. The van der Waals surface area contributed by atoms with Gasteiger partial charge in [-0.3, -0.25) is 9.80 Å². The average molecular weight is 298 g/mol. The van der Waals surface area contributed by atoms with Crippen LogP contribution >= 0.6 is 11.6 Å². The van der Waals surface area contributed by atoms with Crippen molar-refractivity contribution in [2.75, 3.05) is 32.7 Å². The summed E-state index contributed by atoms with van der Waals surface area (Å²) >= 11 is 5.82. The summed E-state index contributed by atoms with van der Waals surface area (Å²) in [5.41, 5.74) is 6.56. The molecule has 1 unspecified atom stereocenters. The first-order valence-electron chi connectivity index (χ1n) is 7.32. The third-order valence-corrected chi connectivity index (χ3v) is 4.63. The summed E-state index contributed by atoms with van der Waals surface area (Å²) in [6, 6.07) is 5.64. The Morgan fingerprint density at radius 3 is 2.50 bits per heavy atom. The van der Waals surface area contributed by atoms with Crippen molar-refractivity contribution < 1.29 is 4.39 Å². The van der Waals surface area contributed by atoms with Crippen LogP contribution in [0.1, 0.15) is 24.4 Å². The number of benzene rings is 1. The molecule has 1 saturated heterocycles. The maximum atomic E-state index is 14.1. The Morgan fingerprint density at radius 2 is 1.95 bits per heavy atom. The van der Waals surface area contributed by atoms with Crippen LogP contribution in [0, 0.1) is 5.82 Å². The lowest BCUT2D eigenvalue weighted by atomic mass is 10.0. The molecule has 20 heavy (non-hydrogen) atoms. The standard InChI is InChI=1S/C15H21ClFN3/c16-11-1-4-13(14(17)9-11)15(10-18)20-7-5-19(6-8-20)12-2-3-12/h1,4,9,12,15H,2-3,5-8,10,18H2. The van der Waals surface area contributed by atoms with Gasteiger partial charge in [0.05, 0.1) is 6.04 Å². The van der Waals surface area contributed by atoms with Crippen molar-refractivity contribution in [2.24, 2.45) is 5.73 Å². The largest absolute Gasteiger partial charge is 0.329 e. The maximum absolute atomic E-state index is 14.1. The third kappa shape index (κ3) is 2.98. The molecule has 2 N–H and O–H groups in total. The van der Waals surface area contributed by atoms with Crippen LogP contribution < -0.4 is 5.73 Å². The van der Waals surface area contributed by atoms with Crippen molar-refractivity contribution in [1.82, 2.24) is 9.80 Å². The molecule has 1 saturated carbocycles. The van der Waals surface area contributed by atoms with Crippen molar-refractivity contribution in [3.63, 3.8) is 0 Å². The molecular weight excluding hydrogens is 277 g/mol. The monoisotopic (exact) mass is 297 g/mol. The molecule has 3 rings (SSSR count). The first kappa shape index (κ1) is 14.3. The molecule has 0 amide bonds. The minimum absolute atomic E-state index is 0.0476. The molecule has 110 valence electrons. The fourth-order valence-corrected chi connectivity index (χ4v) is 3.26. The molecule has 0 radical (unpaired) electrons. The van der Waals surface area contributed by atoms with E-state index in [4.69, 9.17) is 17.3 Å². The van der Waals surface area contributed by atoms with Gasteiger partial charge in [0.25, 0.3) is 0 Å². The Hall–Kier alpha value is -0.680. The van der Waals surface area contributed by atoms with Gasteiger partial charge in [-0.05, 0) is 25.0 Å². The molecule has 0 bridgehead atoms. The van der Waals surface area contributed by atoms with Gasteiger partial charge in [0.15, 0.2) is 0 Å². The fourth-order valence-electron chi connectivity index (χ4n) is 3.10. The predicted octanol–water partition coefficient (Wildman–Crippen LogP) is 2.26. The SMILES string of the molecule is NCC(c1ccc(Cl)cc1F)N1CCN(C2CC2)CC1. The van der Waals surface area contributed by atoms with Crippen molar-refractivity contribution in [2.45, 2.75) is 24.9 Å². The highest BCUT2D eigenvalue weighted by Crippen LogP contribution is 2.30. The lowest BCUT2D eigenvalue weighted by Crippen LogP contribution is -2.49. The summed E-state index contributed by atoms with van der Waals surface area (Å²) in [6.45, 7) is 4.48. The van der Waals surface area contributed by atoms with Crippen molar-refractivity contribution in [3.05, 3.63) is 34.6 Å². The predicted molar refractivity (Wildman–Crippen MR) is 79.4 cm³/mol. The second kappa shape index (κ2) is 5.98. The fraction of sp³-hybridized carbons (Fsp3) is 0.600. The minimum atomic E-state index is -0.252. The molecule has 1 aromatic rings. The van der Waals surface area contributed by atoms with Gasteiger partial charge in [-0.2, -0.15) is 0 Å². The highest BCUT2D eigenvalue weighted by molar-refractivity contribution is 6.30. The van der Waals surface area contributed by atoms with Gasteiger partial charge in [0.1, 0.15) is 5.82 Å². The van der Waals surface area contributed by atoms with Crippen LogP contribution in [0.4, 0.5) is 4.39 Å². The smallest absolute Gasteiger partial charge is 0.129 e. The molecule has 1 aliphatic heterocycles. The molecule has 0 spiro atoms. The maximum Gasteiger partial charge on any atom is 0.129 e. The Kier molecular flexibility index (Phi) is 4.26. The Balaban J connectivity index is 1.69. The molecule has 1 atom stereocenters. The van der Waals surface area contributed by atoms with Gasteiger partial charge in [-0.1, -0.05) is 17.7 Å². The van der Waals surface area contributed by atoms with Crippen LogP contribution in [0.2, 0.25) is 5.02 Å². The van der Waals surface area contributed by atoms with E-state index in [0.29, 0.717) is 17.1 Å². The van der Waals surface area contributed by atoms with E-state index in [9.17, 15) is 4.39 Å². The lowest BCUT2D eigenvalue weighted by Gasteiger charge is -2.39.